The van der Waals surface area contributed by atoms with Gasteiger partial charge in [-0.15, -0.1) is 31.1 Å². The van der Waals surface area contributed by atoms with Gasteiger partial charge >= 0.3 is 0 Å². The van der Waals surface area contributed by atoms with E-state index >= 15 is 0 Å². The lowest BCUT2D eigenvalue weighted by Gasteiger charge is -2.12. The molecule has 0 aromatic heterocycles. The lowest BCUT2D eigenvalue weighted by atomic mass is 9.92. The molecule has 100 valence electrons. The van der Waals surface area contributed by atoms with Crippen LogP contribution in [-0.4, -0.2) is 0 Å². The van der Waals surface area contributed by atoms with E-state index in [1.54, 1.807) is 0 Å². The molecular weight excluding hydrogens is 230 g/mol. The number of nitriles is 1. The minimum absolute atomic E-state index is 0.224. The van der Waals surface area contributed by atoms with Crippen LogP contribution < -0.4 is 0 Å². The zero-order valence-electron chi connectivity index (χ0n) is 11.9. The fourth-order valence-corrected chi connectivity index (χ4v) is 2.10. The third-order valence-electron chi connectivity index (χ3n) is 3.40. The van der Waals surface area contributed by atoms with E-state index in [0.29, 0.717) is 12.3 Å². The summed E-state index contributed by atoms with van der Waals surface area (Å²) < 4.78 is 0. The third kappa shape index (κ3) is 8.83. The van der Waals surface area contributed by atoms with Crippen molar-refractivity contribution in [1.82, 2.24) is 0 Å². The highest BCUT2D eigenvalue weighted by molar-refractivity contribution is 5.04. The Balaban J connectivity index is 3.69. The topological polar surface area (TPSA) is 23.8 Å². The Hall–Kier alpha value is -1.83. The summed E-state index contributed by atoms with van der Waals surface area (Å²) in [7, 11) is 0. The first-order valence-corrected chi connectivity index (χ1v) is 6.93. The van der Waals surface area contributed by atoms with Gasteiger partial charge in [-0.2, -0.15) is 5.26 Å². The van der Waals surface area contributed by atoms with Gasteiger partial charge in [0, 0.05) is 12.3 Å². The Bertz CT molecular complexity index is 379. The Labute approximate surface area is 118 Å². The molecule has 0 rings (SSSR count). The van der Waals surface area contributed by atoms with Crippen LogP contribution in [0.2, 0.25) is 0 Å². The van der Waals surface area contributed by atoms with Crippen molar-refractivity contribution in [1.29, 1.82) is 5.26 Å². The first-order valence-electron chi connectivity index (χ1n) is 6.93. The summed E-state index contributed by atoms with van der Waals surface area (Å²) in [5.41, 5.74) is 0. The van der Waals surface area contributed by atoms with Crippen LogP contribution in [0.5, 0.6) is 0 Å². The van der Waals surface area contributed by atoms with Gasteiger partial charge in [0.1, 0.15) is 5.92 Å². The summed E-state index contributed by atoms with van der Waals surface area (Å²) in [6, 6.07) is 2.13. The van der Waals surface area contributed by atoms with Crippen molar-refractivity contribution in [3.05, 3.63) is 0 Å². The molecular formula is C18H23N. The number of rotatable bonds is 9. The van der Waals surface area contributed by atoms with Crippen LogP contribution in [-0.2, 0) is 0 Å². The van der Waals surface area contributed by atoms with E-state index in [-0.39, 0.29) is 11.8 Å². The van der Waals surface area contributed by atoms with E-state index in [1.165, 1.54) is 0 Å². The van der Waals surface area contributed by atoms with Crippen molar-refractivity contribution in [2.24, 2.45) is 17.8 Å². The number of nitrogens with zero attached hydrogens (tertiary/aromatic N) is 1. The average molecular weight is 253 g/mol. The summed E-state index contributed by atoms with van der Waals surface area (Å²) in [5.74, 6) is 8.53. The highest BCUT2D eigenvalue weighted by Gasteiger charge is 2.08. The Morgan fingerprint density at radius 2 is 1.58 bits per heavy atom. The molecule has 0 aliphatic rings. The molecule has 0 bridgehead atoms. The van der Waals surface area contributed by atoms with Crippen LogP contribution in [0.3, 0.4) is 0 Å². The second kappa shape index (κ2) is 11.3. The Kier molecular flexibility index (Phi) is 10.2. The molecule has 0 aliphatic heterocycles. The molecule has 0 heterocycles. The number of terminal acetylenes is 3. The van der Waals surface area contributed by atoms with E-state index in [1.807, 2.05) is 0 Å². The van der Waals surface area contributed by atoms with Crippen LogP contribution in [0.1, 0.15) is 51.9 Å². The smallest absolute Gasteiger partial charge is 0.107 e. The molecule has 19 heavy (non-hydrogen) atoms. The molecule has 0 saturated heterocycles. The number of hydrogen-bond donors (Lipinski definition) is 0. The van der Waals surface area contributed by atoms with Gasteiger partial charge in [-0.25, -0.2) is 0 Å². The van der Waals surface area contributed by atoms with Crippen LogP contribution in [0.15, 0.2) is 0 Å². The van der Waals surface area contributed by atoms with Crippen molar-refractivity contribution in [2.45, 2.75) is 51.9 Å². The van der Waals surface area contributed by atoms with E-state index in [2.05, 4.69) is 30.8 Å². The maximum atomic E-state index is 8.74. The van der Waals surface area contributed by atoms with Crippen molar-refractivity contribution < 1.29 is 0 Å². The van der Waals surface area contributed by atoms with E-state index in [9.17, 15) is 0 Å². The predicted octanol–water partition coefficient (Wildman–Crippen LogP) is 4.01. The molecule has 0 radical (unpaired) electrons. The zero-order chi connectivity index (χ0) is 14.5. The van der Waals surface area contributed by atoms with Crippen LogP contribution in [0, 0.1) is 66.1 Å². The monoisotopic (exact) mass is 253 g/mol. The lowest BCUT2D eigenvalue weighted by Crippen LogP contribution is -2.01. The Morgan fingerprint density at radius 3 is 2.05 bits per heavy atom. The summed E-state index contributed by atoms with van der Waals surface area (Å²) in [6.07, 6.45) is 22.9. The summed E-state index contributed by atoms with van der Waals surface area (Å²) in [4.78, 5) is 0. The average Bonchev–Trinajstić information content (AvgIpc) is 2.42. The normalized spacial score (nSPS) is 14.2. The maximum absolute atomic E-state index is 8.74. The minimum Gasteiger partial charge on any atom is -0.197 e. The lowest BCUT2D eigenvalue weighted by molar-refractivity contribution is 0.425. The van der Waals surface area contributed by atoms with Crippen LogP contribution in [0.25, 0.3) is 0 Å². The maximum Gasteiger partial charge on any atom is 0.107 e. The van der Waals surface area contributed by atoms with Crippen molar-refractivity contribution in [2.75, 3.05) is 0 Å². The van der Waals surface area contributed by atoms with Gasteiger partial charge in [0.15, 0.2) is 0 Å². The molecule has 0 N–H and O–H groups in total. The fourth-order valence-electron chi connectivity index (χ4n) is 2.10. The minimum atomic E-state index is -0.228. The molecule has 0 spiro atoms. The van der Waals surface area contributed by atoms with Crippen molar-refractivity contribution >= 4 is 0 Å². The molecule has 0 aromatic carbocycles. The van der Waals surface area contributed by atoms with Gasteiger partial charge in [0.05, 0.1) is 6.07 Å². The van der Waals surface area contributed by atoms with Gasteiger partial charge in [-0.1, -0.05) is 38.5 Å². The van der Waals surface area contributed by atoms with Crippen LogP contribution in [0.4, 0.5) is 0 Å². The van der Waals surface area contributed by atoms with Gasteiger partial charge < -0.3 is 0 Å². The summed E-state index contributed by atoms with van der Waals surface area (Å²) in [6.45, 7) is 2.24. The predicted molar refractivity (Wildman–Crippen MR) is 80.6 cm³/mol. The fraction of sp³-hybridized carbons (Fsp3) is 0.611. The van der Waals surface area contributed by atoms with E-state index in [4.69, 9.17) is 24.5 Å². The molecule has 0 fully saturated rings. The molecule has 1 heteroatoms. The molecule has 3 atom stereocenters. The van der Waals surface area contributed by atoms with Crippen LogP contribution >= 0.6 is 0 Å². The highest BCUT2D eigenvalue weighted by atomic mass is 14.3. The van der Waals surface area contributed by atoms with Crippen molar-refractivity contribution in [3.63, 3.8) is 0 Å². The first kappa shape index (κ1) is 17.2. The number of hydrogen-bond acceptors (Lipinski definition) is 1. The second-order valence-electron chi connectivity index (χ2n) is 5.09. The third-order valence-corrected chi connectivity index (χ3v) is 3.40. The van der Waals surface area contributed by atoms with E-state index in [0.717, 1.165) is 38.5 Å². The largest absolute Gasteiger partial charge is 0.197 e. The summed E-state index contributed by atoms with van der Waals surface area (Å²) in [5, 5.41) is 8.74. The van der Waals surface area contributed by atoms with Gasteiger partial charge in [-0.05, 0) is 18.8 Å². The SMILES string of the molecule is C#CC[C@@H](C#C)CCC[C@H](C)CCCC(C#C)C#N. The van der Waals surface area contributed by atoms with Gasteiger partial charge in [0.2, 0.25) is 0 Å². The highest BCUT2D eigenvalue weighted by Crippen LogP contribution is 2.20. The van der Waals surface area contributed by atoms with E-state index < -0.39 is 0 Å². The molecule has 0 amide bonds. The molecule has 0 aromatic rings. The second-order valence-corrected chi connectivity index (χ2v) is 5.09. The standard InChI is InChI=1S/C18H23N/c1-5-10-17(6-2)13-8-11-16(4)12-9-14-18(7-3)15-19/h1-3,16-18H,8-14H2,4H3/t16-,17+,18?/m0/s1. The Morgan fingerprint density at radius 1 is 0.947 bits per heavy atom. The quantitative estimate of drug-likeness (QED) is 0.570. The molecule has 1 nitrogen and oxygen atoms in total. The zero-order valence-corrected chi connectivity index (χ0v) is 11.9. The molecule has 0 aliphatic carbocycles. The first-order chi connectivity index (χ1) is 9.17. The molecule has 1 unspecified atom stereocenters. The van der Waals surface area contributed by atoms with Crippen molar-refractivity contribution in [3.8, 4) is 43.1 Å². The molecule has 0 saturated carbocycles. The summed E-state index contributed by atoms with van der Waals surface area (Å²) >= 11 is 0. The van der Waals surface area contributed by atoms with Gasteiger partial charge in [0.25, 0.3) is 0 Å². The van der Waals surface area contributed by atoms with Gasteiger partial charge in [-0.3, -0.25) is 0 Å².